The zero-order chi connectivity index (χ0) is 79.1. The second kappa shape index (κ2) is 36.8. The number of hydrogen-bond acceptors (Lipinski definition) is 29. The Balaban J connectivity index is 0.608. The average molecular weight is 1590 g/mol. The van der Waals surface area contributed by atoms with Crippen LogP contribution in [0.2, 0.25) is 5.02 Å². The van der Waals surface area contributed by atoms with E-state index in [9.17, 15) is 56.4 Å². The summed E-state index contributed by atoms with van der Waals surface area (Å²) in [5, 5.41) is 21.7. The lowest BCUT2D eigenvalue weighted by Gasteiger charge is -2.33. The van der Waals surface area contributed by atoms with Crippen LogP contribution in [-0.4, -0.2) is 192 Å². The summed E-state index contributed by atoms with van der Waals surface area (Å²) in [7, 11) is -0.961. The van der Waals surface area contributed by atoms with Gasteiger partial charge in [0.15, 0.2) is 32.6 Å². The zero-order valence-electron chi connectivity index (χ0n) is 61.0. The monoisotopic (exact) mass is 1580 g/mol. The molecule has 0 bridgehead atoms. The van der Waals surface area contributed by atoms with Crippen LogP contribution >= 0.6 is 33.2 Å². The topological polar surface area (TPSA) is 479 Å². The number of carbonyl (C=O) groups is 9. The number of ether oxygens (including phenoxy) is 2. The standard InChI is InChI=1S/C72H85ClN20O14S3/c1-39(2)107-56-33-49(41(5)32-54(56)86-70-82-37-50(73)62(88-70)84-52-11-7-8-13-57(52)110(104,105)40(3)4)43-22-26-90(27-23-43)71(102)78-25-24-77-53-12-9-10-48-60(53)68(101)92(66(48)99)55-19-21-59(96)93(67(55)100)72(103)106-29-31-109-108-30-28-91(76)38-45(74)34-80-58(95)20-18-51(42(6)94)85-64(97)44-14-16-46(17-15-44)79-35-47-36-81-63-61(83-47)65(98)89-69(75)87-63/h7-17,32-33,36-40,43,51,55,77,79H,18-31,34-35,74,76H2,1-6H3,(H,78,102)(H,80,95)(H,85,97)(H2,82,84,86,88)(H3,75,81,87,89,98)/b45-38-/t51-,55?/m0/s1. The lowest BCUT2D eigenvalue weighted by molar-refractivity contribution is -0.149. The summed E-state index contributed by atoms with van der Waals surface area (Å²) >= 11 is 6.54. The molecule has 1 unspecified atom stereocenters. The number of ketones is 1. The van der Waals surface area contributed by atoms with Crippen molar-refractivity contribution in [2.24, 2.45) is 11.6 Å². The van der Waals surface area contributed by atoms with Crippen molar-refractivity contribution in [2.75, 3.05) is 84.4 Å². The van der Waals surface area contributed by atoms with Gasteiger partial charge in [-0.15, -0.1) is 0 Å². The summed E-state index contributed by atoms with van der Waals surface area (Å²) in [6.07, 6.45) is 3.54. The summed E-state index contributed by atoms with van der Waals surface area (Å²) < 4.78 is 38.0. The van der Waals surface area contributed by atoms with Crippen molar-refractivity contribution in [1.29, 1.82) is 0 Å². The van der Waals surface area contributed by atoms with Crippen molar-refractivity contribution >= 4 is 148 Å². The van der Waals surface area contributed by atoms with Gasteiger partial charge in [-0.3, -0.25) is 48.2 Å². The fourth-order valence-electron chi connectivity index (χ4n) is 12.2. The number of carbonyl (C=O) groups excluding carboxylic acids is 9. The first kappa shape index (κ1) is 81.4. The Bertz CT molecular complexity index is 4870. The molecule has 4 aromatic carbocycles. The van der Waals surface area contributed by atoms with E-state index in [1.807, 2.05) is 32.9 Å². The van der Waals surface area contributed by atoms with Gasteiger partial charge in [0.1, 0.15) is 23.4 Å². The highest BCUT2D eigenvalue weighted by Gasteiger charge is 2.50. The van der Waals surface area contributed by atoms with E-state index in [0.717, 1.165) is 16.0 Å². The lowest BCUT2D eigenvalue weighted by Crippen LogP contribution is -2.57. The number of nitrogens with zero attached hydrogens (tertiary/aromatic N) is 9. The van der Waals surface area contributed by atoms with Crippen LogP contribution < -0.4 is 64.8 Å². The van der Waals surface area contributed by atoms with Gasteiger partial charge in [-0.05, 0) is 145 Å². The van der Waals surface area contributed by atoms with Crippen LogP contribution in [-0.2, 0) is 40.3 Å². The number of aromatic amines is 1. The number of likely N-dealkylation sites (tertiary alicyclic amines) is 2. The summed E-state index contributed by atoms with van der Waals surface area (Å²) in [5.74, 6) is 2.95. The third-order valence-corrected chi connectivity index (χ3v) is 22.7. The molecule has 0 spiro atoms. The molecule has 3 aromatic heterocycles. The third kappa shape index (κ3) is 20.4. The SMILES string of the molecule is CC(=O)[C@H](CCC(=O)NC/C(N)=C/N(N)CCSSCCOC(=O)N1C(=O)CCC(N2C(=O)c3cccc(NCCNC(=O)N4CCC(c5cc(OC(C)C)c(Nc6ncc(Cl)c(Nc7ccccc7S(=O)(=O)C(C)C)n6)cc5C)CC4)c3C2=O)C1=O)NC(=O)c1ccc(NCc2cnc3nc(N)[nH]c(=O)c3n2)cc1. The number of nitrogens with one attached hydrogen (secondary N) is 8. The summed E-state index contributed by atoms with van der Waals surface area (Å²) in [6, 6.07) is 18.8. The van der Waals surface area contributed by atoms with Gasteiger partial charge in [-0.25, -0.2) is 38.8 Å². The van der Waals surface area contributed by atoms with E-state index in [2.05, 4.69) is 67.1 Å². The zero-order valence-corrected chi connectivity index (χ0v) is 64.2. The quantitative estimate of drug-likeness (QED) is 0.00647. The minimum atomic E-state index is -3.65. The number of hydrogen-bond donors (Lipinski definition) is 11. The van der Waals surface area contributed by atoms with Crippen molar-refractivity contribution in [3.63, 3.8) is 0 Å². The number of para-hydroxylation sites is 1. The number of sulfone groups is 1. The number of nitrogen functional groups attached to an aromatic ring is 1. The fraction of sp³-hybridized carbons (Fsp3) is 0.375. The number of aromatic nitrogens is 6. The minimum Gasteiger partial charge on any atom is -0.489 e. The van der Waals surface area contributed by atoms with Crippen LogP contribution in [0.3, 0.4) is 0 Å². The van der Waals surface area contributed by atoms with E-state index in [0.29, 0.717) is 71.6 Å². The number of hydrazine groups is 1. The summed E-state index contributed by atoms with van der Waals surface area (Å²) in [5.41, 5.74) is 16.1. The number of piperidine rings is 2. The number of anilines is 7. The Morgan fingerprint density at radius 1 is 0.836 bits per heavy atom. The van der Waals surface area contributed by atoms with Gasteiger partial charge in [-0.1, -0.05) is 51.4 Å². The molecule has 582 valence electrons. The molecule has 3 aliphatic heterocycles. The number of Topliss-reactive ketones (excluding diaryl/α,β-unsaturated/α-hetero) is 1. The van der Waals surface area contributed by atoms with Gasteiger partial charge in [0.2, 0.25) is 23.7 Å². The first-order valence-corrected chi connectivity index (χ1v) is 39.6. The van der Waals surface area contributed by atoms with Crippen LogP contribution in [0.25, 0.3) is 11.2 Å². The maximum absolute atomic E-state index is 14.1. The normalized spacial score (nSPS) is 15.0. The molecular weight excluding hydrogens is 1500 g/mol. The number of halogens is 1. The molecule has 0 radical (unpaired) electrons. The molecular formula is C72H85ClN20O14S3. The number of nitrogens with two attached hydrogens (primary N) is 3. The highest BCUT2D eigenvalue weighted by atomic mass is 35.5. The first-order chi connectivity index (χ1) is 52.5. The van der Waals surface area contributed by atoms with E-state index >= 15 is 0 Å². The number of imide groups is 4. The second-order valence-electron chi connectivity index (χ2n) is 26.4. The van der Waals surface area contributed by atoms with Crippen molar-refractivity contribution in [2.45, 2.75) is 121 Å². The first-order valence-electron chi connectivity index (χ1n) is 35.2. The average Bonchev–Trinajstić information content (AvgIpc) is 1.59. The number of H-pyrrole nitrogens is 1. The minimum absolute atomic E-state index is 0.00308. The van der Waals surface area contributed by atoms with E-state index in [4.69, 9.17) is 38.4 Å². The van der Waals surface area contributed by atoms with E-state index in [1.165, 1.54) is 64.2 Å². The number of fused-ring (bicyclic) bond motifs is 2. The maximum atomic E-state index is 14.1. The predicted octanol–water partition coefficient (Wildman–Crippen LogP) is 7.01. The van der Waals surface area contributed by atoms with Crippen molar-refractivity contribution in [3.8, 4) is 5.75 Å². The summed E-state index contributed by atoms with van der Waals surface area (Å²) in [6.45, 7) is 11.8. The molecule has 7 aromatic rings. The maximum Gasteiger partial charge on any atom is 0.423 e. The molecule has 0 saturated carbocycles. The van der Waals surface area contributed by atoms with Crippen molar-refractivity contribution in [1.82, 2.24) is 65.6 Å². The molecule has 38 heteroatoms. The van der Waals surface area contributed by atoms with Crippen LogP contribution in [0, 0.1) is 6.92 Å². The molecule has 6 heterocycles. The van der Waals surface area contributed by atoms with Gasteiger partial charge in [0.25, 0.3) is 29.2 Å². The predicted molar refractivity (Wildman–Crippen MR) is 416 cm³/mol. The Kier molecular flexibility index (Phi) is 27.2. The van der Waals surface area contributed by atoms with Gasteiger partial charge in [0, 0.05) is 85.9 Å². The van der Waals surface area contributed by atoms with Crippen molar-refractivity contribution < 1.29 is 61.0 Å². The van der Waals surface area contributed by atoms with E-state index in [1.54, 1.807) is 73.3 Å². The number of urea groups is 1. The van der Waals surface area contributed by atoms with Gasteiger partial charge >= 0.3 is 12.1 Å². The Labute approximate surface area is 645 Å². The molecule has 0 aliphatic carbocycles. The Morgan fingerprint density at radius 2 is 1.57 bits per heavy atom. The molecule has 2 saturated heterocycles. The highest BCUT2D eigenvalue weighted by molar-refractivity contribution is 8.76. The van der Waals surface area contributed by atoms with Gasteiger partial charge in [0.05, 0.1) is 76.0 Å². The number of aryl methyl sites for hydroxylation is 1. The molecule has 10 rings (SSSR count). The molecule has 14 N–H and O–H groups in total. The van der Waals surface area contributed by atoms with Crippen LogP contribution in [0.4, 0.5) is 50.1 Å². The number of rotatable bonds is 33. The second-order valence-corrected chi connectivity index (χ2v) is 32.0. The van der Waals surface area contributed by atoms with Gasteiger partial charge < -0.3 is 68.1 Å². The van der Waals surface area contributed by atoms with Crippen LogP contribution in [0.1, 0.15) is 127 Å². The number of benzene rings is 4. The largest absolute Gasteiger partial charge is 0.489 e. The summed E-state index contributed by atoms with van der Waals surface area (Å²) in [4.78, 5) is 159. The molecule has 9 amide bonds. The highest BCUT2D eigenvalue weighted by Crippen LogP contribution is 2.40. The number of amides is 9. The third-order valence-electron chi connectivity index (χ3n) is 17.8. The lowest BCUT2D eigenvalue weighted by atomic mass is 9.86. The van der Waals surface area contributed by atoms with Crippen molar-refractivity contribution in [3.05, 3.63) is 152 Å². The van der Waals surface area contributed by atoms with E-state index < -0.39 is 74.3 Å². The molecule has 2 atom stereocenters. The van der Waals surface area contributed by atoms with Gasteiger partial charge in [-0.2, -0.15) is 14.9 Å². The van der Waals surface area contributed by atoms with Crippen LogP contribution in [0.5, 0.6) is 5.75 Å². The molecule has 110 heavy (non-hydrogen) atoms. The molecule has 2 fully saturated rings. The fourth-order valence-corrected chi connectivity index (χ4v) is 15.4. The smallest absolute Gasteiger partial charge is 0.423 e. The molecule has 3 aliphatic rings. The Hall–Kier alpha value is -11.2. The van der Waals surface area contributed by atoms with E-state index in [-0.39, 0.29) is 155 Å². The Morgan fingerprint density at radius 3 is 2.31 bits per heavy atom. The van der Waals surface area contributed by atoms with Crippen LogP contribution in [0.15, 0.2) is 113 Å². The molecule has 34 nitrogen and oxygen atoms in total.